The third-order valence-corrected chi connectivity index (χ3v) is 6.34. The summed E-state index contributed by atoms with van der Waals surface area (Å²) in [4.78, 5) is 31.7. The van der Waals surface area contributed by atoms with Crippen molar-refractivity contribution >= 4 is 27.5 Å². The maximum absolute atomic E-state index is 13.0. The van der Waals surface area contributed by atoms with Crippen molar-refractivity contribution in [1.82, 2.24) is 14.9 Å². The summed E-state index contributed by atoms with van der Waals surface area (Å²) >= 11 is 1.33. The van der Waals surface area contributed by atoms with Crippen molar-refractivity contribution in [1.29, 1.82) is 0 Å². The Morgan fingerprint density at radius 3 is 2.93 bits per heavy atom. The first-order valence-corrected chi connectivity index (χ1v) is 10.2. The quantitative estimate of drug-likeness (QED) is 0.752. The second kappa shape index (κ2) is 7.27. The van der Waals surface area contributed by atoms with Crippen molar-refractivity contribution < 1.29 is 4.79 Å². The number of fused-ring (bicyclic) bond motifs is 2. The number of benzene rings is 1. The number of aromatic nitrogens is 2. The second-order valence-corrected chi connectivity index (χ2v) is 8.20. The molecule has 1 aliphatic heterocycles. The lowest BCUT2D eigenvalue weighted by Crippen LogP contribution is -2.25. The molecule has 4 rings (SSSR count). The Labute approximate surface area is 162 Å². The molecule has 1 N–H and O–H groups in total. The molecular formula is C21H23N3O2S. The van der Waals surface area contributed by atoms with Gasteiger partial charge in [-0.05, 0) is 37.8 Å². The molecule has 3 aromatic rings. The molecule has 0 aliphatic carbocycles. The van der Waals surface area contributed by atoms with Gasteiger partial charge in [0, 0.05) is 19.5 Å². The number of carbonyl (C=O) groups is 1. The fourth-order valence-electron chi connectivity index (χ4n) is 3.71. The number of carbonyl (C=O) groups excluding carboxylic acids is 1. The maximum Gasteiger partial charge on any atom is 0.262 e. The van der Waals surface area contributed by atoms with Crippen LogP contribution in [0, 0.1) is 13.8 Å². The van der Waals surface area contributed by atoms with E-state index in [4.69, 9.17) is 4.98 Å². The summed E-state index contributed by atoms with van der Waals surface area (Å²) in [5, 5.41) is 3.58. The third kappa shape index (κ3) is 3.41. The van der Waals surface area contributed by atoms with Crippen molar-refractivity contribution in [3.8, 4) is 0 Å². The van der Waals surface area contributed by atoms with E-state index in [0.29, 0.717) is 21.6 Å². The number of amides is 1. The summed E-state index contributed by atoms with van der Waals surface area (Å²) < 4.78 is 1.81. The maximum atomic E-state index is 13.0. The lowest BCUT2D eigenvalue weighted by molar-refractivity contribution is 0.0954. The molecule has 0 fully saturated rings. The zero-order valence-corrected chi connectivity index (χ0v) is 16.5. The molecule has 140 valence electrons. The van der Waals surface area contributed by atoms with Gasteiger partial charge in [0.25, 0.3) is 11.5 Å². The van der Waals surface area contributed by atoms with Gasteiger partial charge in [0.05, 0.1) is 10.3 Å². The van der Waals surface area contributed by atoms with E-state index >= 15 is 0 Å². The zero-order valence-electron chi connectivity index (χ0n) is 15.7. The van der Waals surface area contributed by atoms with Gasteiger partial charge in [0.15, 0.2) is 0 Å². The van der Waals surface area contributed by atoms with Crippen LogP contribution >= 0.6 is 11.3 Å². The molecule has 0 saturated carbocycles. The number of rotatable bonds is 3. The van der Waals surface area contributed by atoms with Gasteiger partial charge >= 0.3 is 0 Å². The Kier molecular flexibility index (Phi) is 4.83. The van der Waals surface area contributed by atoms with Crippen LogP contribution in [-0.2, 0) is 19.5 Å². The number of nitrogens with zero attached hydrogens (tertiary/aromatic N) is 2. The molecule has 0 unspecified atom stereocenters. The van der Waals surface area contributed by atoms with Gasteiger partial charge in [-0.15, -0.1) is 11.3 Å². The molecule has 27 heavy (non-hydrogen) atoms. The predicted octanol–water partition coefficient (Wildman–Crippen LogP) is 3.73. The first-order chi connectivity index (χ1) is 13.0. The Morgan fingerprint density at radius 2 is 2.11 bits per heavy atom. The first-order valence-electron chi connectivity index (χ1n) is 9.41. The van der Waals surface area contributed by atoms with Gasteiger partial charge < -0.3 is 5.32 Å². The van der Waals surface area contributed by atoms with Crippen molar-refractivity contribution in [3.05, 3.63) is 62.0 Å². The highest BCUT2D eigenvalue weighted by molar-refractivity contribution is 7.20. The Bertz CT molecular complexity index is 1080. The fraction of sp³-hybridized carbons (Fsp3) is 0.381. The number of hydrogen-bond acceptors (Lipinski definition) is 4. The number of nitrogens with one attached hydrogen (secondary N) is 1. The van der Waals surface area contributed by atoms with E-state index in [9.17, 15) is 9.59 Å². The molecule has 1 aromatic carbocycles. The molecule has 0 spiro atoms. The summed E-state index contributed by atoms with van der Waals surface area (Å²) in [5.41, 5.74) is 2.97. The minimum absolute atomic E-state index is 0.00313. The lowest BCUT2D eigenvalue weighted by atomic mass is 10.1. The standard InChI is InChI=1S/C21H23N3O2S/c1-13-7-6-8-15(11-13)12-22-19(25)18-14(2)17-20(27-18)23-16-9-4-3-5-10-24(16)21(17)26/h6-8,11H,3-5,9-10,12H2,1-2H3,(H,22,25). The number of aryl methyl sites for hydroxylation is 3. The monoisotopic (exact) mass is 381 g/mol. The largest absolute Gasteiger partial charge is 0.347 e. The minimum atomic E-state index is -0.142. The minimum Gasteiger partial charge on any atom is -0.347 e. The molecule has 0 radical (unpaired) electrons. The molecule has 0 atom stereocenters. The average molecular weight is 382 g/mol. The molecule has 0 bridgehead atoms. The first kappa shape index (κ1) is 17.9. The smallest absolute Gasteiger partial charge is 0.262 e. The Balaban J connectivity index is 1.66. The van der Waals surface area contributed by atoms with E-state index in [2.05, 4.69) is 11.4 Å². The van der Waals surface area contributed by atoms with Crippen LogP contribution < -0.4 is 10.9 Å². The molecule has 3 heterocycles. The fourth-order valence-corrected chi connectivity index (χ4v) is 4.82. The SMILES string of the molecule is Cc1cccc(CNC(=O)c2sc3nc4n(c(=O)c3c2C)CCCCC4)c1. The zero-order chi connectivity index (χ0) is 19.0. The number of hydrogen-bond donors (Lipinski definition) is 1. The van der Waals surface area contributed by atoms with Crippen LogP contribution in [0.4, 0.5) is 0 Å². The summed E-state index contributed by atoms with van der Waals surface area (Å²) in [5.74, 6) is 0.717. The van der Waals surface area contributed by atoms with Gasteiger partial charge in [0.1, 0.15) is 10.7 Å². The van der Waals surface area contributed by atoms with E-state index in [1.54, 1.807) is 0 Å². The van der Waals surface area contributed by atoms with Gasteiger partial charge in [-0.1, -0.05) is 36.2 Å². The molecule has 6 heteroatoms. The summed E-state index contributed by atoms with van der Waals surface area (Å²) in [6.07, 6.45) is 4.03. The molecule has 0 saturated heterocycles. The van der Waals surface area contributed by atoms with Crippen molar-refractivity contribution in [2.75, 3.05) is 0 Å². The topological polar surface area (TPSA) is 64.0 Å². The molecule has 5 nitrogen and oxygen atoms in total. The van der Waals surface area contributed by atoms with Crippen molar-refractivity contribution in [3.63, 3.8) is 0 Å². The van der Waals surface area contributed by atoms with Crippen LogP contribution in [0.15, 0.2) is 29.1 Å². The van der Waals surface area contributed by atoms with Crippen LogP contribution in [0.2, 0.25) is 0 Å². The Hall–Kier alpha value is -2.47. The predicted molar refractivity (Wildman–Crippen MR) is 109 cm³/mol. The average Bonchev–Trinajstić information content (AvgIpc) is 2.82. The number of thiophene rings is 1. The summed E-state index contributed by atoms with van der Waals surface area (Å²) in [6, 6.07) is 8.07. The van der Waals surface area contributed by atoms with Gasteiger partial charge in [-0.3, -0.25) is 14.2 Å². The highest BCUT2D eigenvalue weighted by Crippen LogP contribution is 2.28. The van der Waals surface area contributed by atoms with Gasteiger partial charge in [-0.2, -0.15) is 0 Å². The molecular weight excluding hydrogens is 358 g/mol. The highest BCUT2D eigenvalue weighted by Gasteiger charge is 2.22. The van der Waals surface area contributed by atoms with E-state index in [1.165, 1.54) is 16.9 Å². The van der Waals surface area contributed by atoms with Gasteiger partial charge in [-0.25, -0.2) is 4.98 Å². The van der Waals surface area contributed by atoms with Crippen molar-refractivity contribution in [2.24, 2.45) is 0 Å². The van der Waals surface area contributed by atoms with Crippen LogP contribution in [-0.4, -0.2) is 15.5 Å². The van der Waals surface area contributed by atoms with E-state index in [-0.39, 0.29) is 11.5 Å². The molecule has 1 aliphatic rings. The third-order valence-electron chi connectivity index (χ3n) is 5.15. The van der Waals surface area contributed by atoms with Crippen LogP contribution in [0.1, 0.15) is 51.4 Å². The van der Waals surface area contributed by atoms with Crippen LogP contribution in [0.5, 0.6) is 0 Å². The Morgan fingerprint density at radius 1 is 1.26 bits per heavy atom. The molecule has 1 amide bonds. The van der Waals surface area contributed by atoms with Crippen LogP contribution in [0.3, 0.4) is 0 Å². The summed E-state index contributed by atoms with van der Waals surface area (Å²) in [6.45, 7) is 5.08. The highest BCUT2D eigenvalue weighted by atomic mass is 32.1. The lowest BCUT2D eigenvalue weighted by Gasteiger charge is -2.08. The summed E-state index contributed by atoms with van der Waals surface area (Å²) in [7, 11) is 0. The van der Waals surface area contributed by atoms with E-state index in [0.717, 1.165) is 49.2 Å². The second-order valence-electron chi connectivity index (χ2n) is 7.20. The van der Waals surface area contributed by atoms with E-state index in [1.807, 2.05) is 36.6 Å². The molecule has 2 aromatic heterocycles. The van der Waals surface area contributed by atoms with Crippen molar-refractivity contribution in [2.45, 2.75) is 52.6 Å². The van der Waals surface area contributed by atoms with Gasteiger partial charge in [0.2, 0.25) is 0 Å². The van der Waals surface area contributed by atoms with Crippen LogP contribution in [0.25, 0.3) is 10.2 Å². The normalized spacial score (nSPS) is 14.0. The van der Waals surface area contributed by atoms with E-state index < -0.39 is 0 Å².